The summed E-state index contributed by atoms with van der Waals surface area (Å²) in [6.45, 7) is 3.78. The van der Waals surface area contributed by atoms with E-state index in [2.05, 4.69) is 10.2 Å². The molecule has 0 saturated carbocycles. The van der Waals surface area contributed by atoms with Crippen molar-refractivity contribution in [1.82, 2.24) is 15.1 Å². The molecule has 0 radical (unpaired) electrons. The second-order valence-corrected chi connectivity index (χ2v) is 11.1. The Kier molecular flexibility index (Phi) is 4.97. The lowest BCUT2D eigenvalue weighted by Gasteiger charge is -2.31. The molecular formula is C23H22N4O6S. The Hall–Kier alpha value is -3.73. The van der Waals surface area contributed by atoms with Crippen molar-refractivity contribution in [2.24, 2.45) is 0 Å². The minimum atomic E-state index is -3.28. The highest BCUT2D eigenvalue weighted by Gasteiger charge is 2.48. The van der Waals surface area contributed by atoms with Gasteiger partial charge in [0.15, 0.2) is 9.84 Å². The van der Waals surface area contributed by atoms with Gasteiger partial charge in [-0.1, -0.05) is 0 Å². The second-order valence-electron chi connectivity index (χ2n) is 8.83. The van der Waals surface area contributed by atoms with Crippen molar-refractivity contribution in [2.45, 2.75) is 32.4 Å². The maximum atomic E-state index is 13.5. The number of aryl methyl sites for hydroxylation is 2. The number of non-ortho nitro benzene ring substituents is 1. The van der Waals surface area contributed by atoms with E-state index in [1.807, 2.05) is 13.8 Å². The van der Waals surface area contributed by atoms with Gasteiger partial charge in [-0.25, -0.2) is 8.42 Å². The summed E-state index contributed by atoms with van der Waals surface area (Å²) < 4.78 is 24.4. The van der Waals surface area contributed by atoms with Crippen LogP contribution in [0.25, 0.3) is 11.3 Å². The number of nitro groups is 1. The minimum absolute atomic E-state index is 0.00851. The van der Waals surface area contributed by atoms with E-state index in [4.69, 9.17) is 0 Å². The quantitative estimate of drug-likeness (QED) is 0.429. The monoisotopic (exact) mass is 482 g/mol. The third-order valence-corrected chi connectivity index (χ3v) is 8.44. The number of aromatic amines is 1. The van der Waals surface area contributed by atoms with Gasteiger partial charge in [0.2, 0.25) is 0 Å². The number of sulfone groups is 1. The van der Waals surface area contributed by atoms with Crippen molar-refractivity contribution in [2.75, 3.05) is 11.5 Å². The number of fused-ring (bicyclic) bond motifs is 1. The summed E-state index contributed by atoms with van der Waals surface area (Å²) in [6.07, 6.45) is 0.305. The predicted octanol–water partition coefficient (Wildman–Crippen LogP) is 3.04. The SMILES string of the molecule is Cc1cc(O)c(-c2n[nH]c3c2C(c2ccc([N+](=O)[O-])cc2)N(C2CCS(=O)(=O)C2)C3=O)cc1C. The fraction of sp³-hybridized carbons (Fsp3) is 0.304. The molecule has 1 aromatic heterocycles. The molecule has 2 aliphatic heterocycles. The van der Waals surface area contributed by atoms with Gasteiger partial charge in [-0.3, -0.25) is 20.0 Å². The number of amides is 1. The van der Waals surface area contributed by atoms with Crippen LogP contribution in [0, 0.1) is 24.0 Å². The molecule has 0 bridgehead atoms. The first kappa shape index (κ1) is 22.1. The third-order valence-electron chi connectivity index (χ3n) is 6.69. The van der Waals surface area contributed by atoms with Gasteiger partial charge in [0.25, 0.3) is 11.6 Å². The molecule has 0 spiro atoms. The number of hydrogen-bond acceptors (Lipinski definition) is 7. The average molecular weight is 483 g/mol. The van der Waals surface area contributed by atoms with Crippen LogP contribution >= 0.6 is 0 Å². The predicted molar refractivity (Wildman–Crippen MR) is 123 cm³/mol. The van der Waals surface area contributed by atoms with Gasteiger partial charge in [0, 0.05) is 29.3 Å². The Morgan fingerprint density at radius 2 is 1.85 bits per heavy atom. The Labute approximate surface area is 195 Å². The molecule has 2 unspecified atom stereocenters. The fourth-order valence-corrected chi connectivity index (χ4v) is 6.55. The number of nitrogens with zero attached hydrogens (tertiary/aromatic N) is 3. The standard InChI is InChI=1S/C23H22N4O6S/c1-12-9-17(18(28)10-13(12)2)20-19-21(25-24-20)23(29)26(16-7-8-34(32,33)11-16)22(19)14-3-5-15(6-4-14)27(30)31/h3-6,9-10,16,22,28H,7-8,11H2,1-2H3,(H,24,25). The molecule has 2 aromatic carbocycles. The highest BCUT2D eigenvalue weighted by atomic mass is 32.2. The van der Waals surface area contributed by atoms with Gasteiger partial charge in [-0.2, -0.15) is 5.10 Å². The first-order valence-corrected chi connectivity index (χ1v) is 12.6. The number of hydrogen-bond donors (Lipinski definition) is 2. The molecule has 10 nitrogen and oxygen atoms in total. The van der Waals surface area contributed by atoms with Crippen molar-refractivity contribution in [3.63, 3.8) is 0 Å². The number of H-pyrrole nitrogens is 1. The van der Waals surface area contributed by atoms with E-state index in [-0.39, 0.29) is 34.5 Å². The normalized spacial score (nSPS) is 21.1. The number of nitro benzene ring substituents is 1. The van der Waals surface area contributed by atoms with Crippen LogP contribution in [0.5, 0.6) is 5.75 Å². The van der Waals surface area contributed by atoms with Crippen molar-refractivity contribution in [1.29, 1.82) is 0 Å². The van der Waals surface area contributed by atoms with E-state index in [9.17, 15) is 28.4 Å². The molecule has 2 N–H and O–H groups in total. The summed E-state index contributed by atoms with van der Waals surface area (Å²) in [5.74, 6) is -0.535. The lowest BCUT2D eigenvalue weighted by Crippen LogP contribution is -2.40. The summed E-state index contributed by atoms with van der Waals surface area (Å²) in [6, 6.07) is 8.02. The van der Waals surface area contributed by atoms with Crippen LogP contribution in [0.2, 0.25) is 0 Å². The smallest absolute Gasteiger partial charge is 0.273 e. The van der Waals surface area contributed by atoms with Crippen molar-refractivity contribution < 1.29 is 23.2 Å². The molecule has 3 heterocycles. The Morgan fingerprint density at radius 3 is 2.47 bits per heavy atom. The van der Waals surface area contributed by atoms with Crippen molar-refractivity contribution in [3.05, 3.63) is 74.5 Å². The highest BCUT2D eigenvalue weighted by molar-refractivity contribution is 7.91. The summed E-state index contributed by atoms with van der Waals surface area (Å²) in [4.78, 5) is 25.7. The molecular weight excluding hydrogens is 460 g/mol. The second kappa shape index (κ2) is 7.66. The van der Waals surface area contributed by atoms with E-state index in [0.29, 0.717) is 28.8 Å². The Bertz CT molecular complexity index is 1440. The first-order chi connectivity index (χ1) is 16.1. The Morgan fingerprint density at radius 1 is 1.18 bits per heavy atom. The van der Waals surface area contributed by atoms with E-state index >= 15 is 0 Å². The summed E-state index contributed by atoms with van der Waals surface area (Å²) in [7, 11) is -3.28. The van der Waals surface area contributed by atoms with E-state index in [1.165, 1.54) is 17.0 Å². The topological polar surface area (TPSA) is 146 Å². The number of aromatic nitrogens is 2. The fourth-order valence-electron chi connectivity index (χ4n) is 4.84. The van der Waals surface area contributed by atoms with Crippen LogP contribution in [0.3, 0.4) is 0 Å². The molecule has 176 valence electrons. The Balaban J connectivity index is 1.69. The zero-order valence-corrected chi connectivity index (χ0v) is 19.3. The molecule has 2 atom stereocenters. The number of aromatic hydroxyl groups is 1. The molecule has 0 aliphatic carbocycles. The van der Waals surface area contributed by atoms with Gasteiger partial charge in [0.05, 0.1) is 22.5 Å². The molecule has 1 fully saturated rings. The molecule has 1 amide bonds. The molecule has 5 rings (SSSR count). The summed E-state index contributed by atoms with van der Waals surface area (Å²) in [5, 5.41) is 29.0. The maximum absolute atomic E-state index is 13.5. The van der Waals surface area contributed by atoms with E-state index in [0.717, 1.165) is 11.1 Å². The molecule has 11 heteroatoms. The third kappa shape index (κ3) is 3.43. The van der Waals surface area contributed by atoms with Crippen molar-refractivity contribution in [3.8, 4) is 17.0 Å². The highest BCUT2D eigenvalue weighted by Crippen LogP contribution is 2.47. The van der Waals surface area contributed by atoms with Crippen LogP contribution in [-0.2, 0) is 9.84 Å². The first-order valence-electron chi connectivity index (χ1n) is 10.7. The zero-order chi connectivity index (χ0) is 24.4. The van der Waals surface area contributed by atoms with Gasteiger partial charge in [0.1, 0.15) is 17.1 Å². The summed E-state index contributed by atoms with van der Waals surface area (Å²) >= 11 is 0. The number of carbonyl (C=O) groups is 1. The lowest BCUT2D eigenvalue weighted by molar-refractivity contribution is -0.384. The maximum Gasteiger partial charge on any atom is 0.273 e. The van der Waals surface area contributed by atoms with Gasteiger partial charge < -0.3 is 10.0 Å². The number of benzene rings is 2. The van der Waals surface area contributed by atoms with Crippen LogP contribution in [0.15, 0.2) is 36.4 Å². The van der Waals surface area contributed by atoms with Crippen LogP contribution in [0.4, 0.5) is 5.69 Å². The van der Waals surface area contributed by atoms with Crippen LogP contribution in [0.1, 0.15) is 45.2 Å². The van der Waals surface area contributed by atoms with Crippen LogP contribution < -0.4 is 0 Å². The zero-order valence-electron chi connectivity index (χ0n) is 18.5. The van der Waals surface area contributed by atoms with Crippen LogP contribution in [-0.4, -0.2) is 57.0 Å². The van der Waals surface area contributed by atoms with Gasteiger partial charge in [-0.05, 0) is 61.2 Å². The number of rotatable bonds is 4. The molecule has 3 aromatic rings. The lowest BCUT2D eigenvalue weighted by atomic mass is 9.93. The van der Waals surface area contributed by atoms with E-state index < -0.39 is 26.8 Å². The number of carbonyl (C=O) groups excluding carboxylic acids is 1. The van der Waals surface area contributed by atoms with Gasteiger partial charge >= 0.3 is 0 Å². The molecule has 2 aliphatic rings. The van der Waals surface area contributed by atoms with Crippen molar-refractivity contribution >= 4 is 21.4 Å². The van der Waals surface area contributed by atoms with E-state index in [1.54, 1.807) is 24.3 Å². The average Bonchev–Trinajstić information content (AvgIpc) is 3.44. The van der Waals surface area contributed by atoms with Gasteiger partial charge in [-0.15, -0.1) is 0 Å². The molecule has 34 heavy (non-hydrogen) atoms. The number of phenolic OH excluding ortho intramolecular Hbond substituents is 1. The molecule has 1 saturated heterocycles. The summed E-state index contributed by atoms with van der Waals surface area (Å²) in [5.41, 5.74) is 3.89. The number of nitrogens with one attached hydrogen (secondary N) is 1. The largest absolute Gasteiger partial charge is 0.507 e. The number of phenols is 1. The minimum Gasteiger partial charge on any atom is -0.507 e.